The minimum Gasteiger partial charge on any atom is -0.480 e. The number of hydrogen-bond donors (Lipinski definition) is 3. The molecule has 0 aliphatic rings. The highest BCUT2D eigenvalue weighted by Gasteiger charge is 2.25. The van der Waals surface area contributed by atoms with Gasteiger partial charge in [-0.25, -0.2) is 9.59 Å². The molecule has 3 N–H and O–H groups in total. The smallest absolute Gasteiger partial charge is 0.326 e. The van der Waals surface area contributed by atoms with Gasteiger partial charge in [-0.3, -0.25) is 0 Å². The average molecular weight is 408 g/mol. The first-order valence-electron chi connectivity index (χ1n) is 6.10. The van der Waals surface area contributed by atoms with E-state index in [1.807, 2.05) is 13.0 Å². The zero-order chi connectivity index (χ0) is 15.3. The molecule has 1 rings (SSSR count). The summed E-state index contributed by atoms with van der Waals surface area (Å²) in [5, 5.41) is 14.2. The summed E-state index contributed by atoms with van der Waals surface area (Å²) in [6, 6.07) is 3.88. The summed E-state index contributed by atoms with van der Waals surface area (Å²) >= 11 is 6.63. The number of aliphatic carboxylic acids is 1. The van der Waals surface area contributed by atoms with Gasteiger partial charge >= 0.3 is 12.0 Å². The van der Waals surface area contributed by atoms with Crippen molar-refractivity contribution in [1.29, 1.82) is 0 Å². The largest absolute Gasteiger partial charge is 0.480 e. The minimum absolute atomic E-state index is 0.149. The molecule has 110 valence electrons. The number of carboxylic acids is 1. The van der Waals surface area contributed by atoms with Crippen molar-refractivity contribution in [2.24, 2.45) is 5.92 Å². The lowest BCUT2D eigenvalue weighted by molar-refractivity contribution is -0.140. The van der Waals surface area contributed by atoms with E-state index >= 15 is 0 Å². The topological polar surface area (TPSA) is 78.4 Å². The van der Waals surface area contributed by atoms with Crippen molar-refractivity contribution in [3.63, 3.8) is 0 Å². The van der Waals surface area contributed by atoms with E-state index in [-0.39, 0.29) is 5.92 Å². The molecule has 0 radical (unpaired) electrons. The van der Waals surface area contributed by atoms with Crippen LogP contribution in [0.15, 0.2) is 27.1 Å². The summed E-state index contributed by atoms with van der Waals surface area (Å²) in [4.78, 5) is 23.0. The number of carbonyl (C=O) groups is 2. The van der Waals surface area contributed by atoms with E-state index < -0.39 is 18.0 Å². The van der Waals surface area contributed by atoms with Gasteiger partial charge in [0.15, 0.2) is 0 Å². The van der Waals surface area contributed by atoms with Gasteiger partial charge in [-0.2, -0.15) is 0 Å². The van der Waals surface area contributed by atoms with Crippen LogP contribution in [-0.2, 0) is 4.79 Å². The number of carbonyl (C=O) groups excluding carboxylic acids is 1. The molecule has 0 fully saturated rings. The third kappa shape index (κ3) is 4.79. The Hall–Kier alpha value is -1.08. The van der Waals surface area contributed by atoms with Gasteiger partial charge in [-0.05, 0) is 40.0 Å². The average Bonchev–Trinajstić information content (AvgIpc) is 2.39. The van der Waals surface area contributed by atoms with Crippen LogP contribution in [0.3, 0.4) is 0 Å². The standard InChI is InChI=1S/C13H16Br2N2O3/c1-3-7(2)11(12(18)19)17-13(20)16-10-6-8(14)4-5-9(10)15/h4-7,11H,3H2,1-2H3,(H,18,19)(H2,16,17,20)/t7?,11-/m0/s1. The van der Waals surface area contributed by atoms with Crippen LogP contribution in [0, 0.1) is 5.92 Å². The van der Waals surface area contributed by atoms with Gasteiger partial charge in [0.1, 0.15) is 6.04 Å². The number of carboxylic acid groups (broad SMARTS) is 1. The van der Waals surface area contributed by atoms with Crippen molar-refractivity contribution in [1.82, 2.24) is 5.32 Å². The molecule has 5 nitrogen and oxygen atoms in total. The van der Waals surface area contributed by atoms with Gasteiger partial charge < -0.3 is 15.7 Å². The molecule has 0 aromatic heterocycles. The molecule has 2 amide bonds. The lowest BCUT2D eigenvalue weighted by atomic mass is 9.99. The Morgan fingerprint density at radius 1 is 1.35 bits per heavy atom. The lowest BCUT2D eigenvalue weighted by Gasteiger charge is -2.20. The fourth-order valence-electron chi connectivity index (χ4n) is 1.58. The summed E-state index contributed by atoms with van der Waals surface area (Å²) in [6.45, 7) is 3.67. The van der Waals surface area contributed by atoms with Crippen LogP contribution in [-0.4, -0.2) is 23.1 Å². The minimum atomic E-state index is -1.04. The van der Waals surface area contributed by atoms with E-state index in [4.69, 9.17) is 5.11 Å². The van der Waals surface area contributed by atoms with Crippen LogP contribution in [0.5, 0.6) is 0 Å². The fraction of sp³-hybridized carbons (Fsp3) is 0.385. The molecule has 20 heavy (non-hydrogen) atoms. The van der Waals surface area contributed by atoms with E-state index in [1.165, 1.54) is 0 Å². The highest BCUT2D eigenvalue weighted by molar-refractivity contribution is 9.11. The zero-order valence-corrected chi connectivity index (χ0v) is 14.3. The molecule has 1 aromatic carbocycles. The van der Waals surface area contributed by atoms with E-state index in [9.17, 15) is 9.59 Å². The molecule has 0 spiro atoms. The molecule has 0 saturated carbocycles. The number of hydrogen-bond acceptors (Lipinski definition) is 2. The zero-order valence-electron chi connectivity index (χ0n) is 11.1. The molecule has 2 atom stereocenters. The van der Waals surface area contributed by atoms with Crippen molar-refractivity contribution in [3.8, 4) is 0 Å². The number of halogens is 2. The molecule has 7 heteroatoms. The summed E-state index contributed by atoms with van der Waals surface area (Å²) in [5.41, 5.74) is 0.560. The fourth-order valence-corrected chi connectivity index (χ4v) is 2.28. The van der Waals surface area contributed by atoms with Gasteiger partial charge in [0, 0.05) is 8.95 Å². The summed E-state index contributed by atoms with van der Waals surface area (Å²) in [5.74, 6) is -1.19. The van der Waals surface area contributed by atoms with Gasteiger partial charge in [0.2, 0.25) is 0 Å². The second-order valence-electron chi connectivity index (χ2n) is 4.42. The Bertz CT molecular complexity index is 508. The second kappa shape index (κ2) is 7.64. The maximum absolute atomic E-state index is 11.9. The summed E-state index contributed by atoms with van der Waals surface area (Å²) in [6.07, 6.45) is 0.665. The summed E-state index contributed by atoms with van der Waals surface area (Å²) in [7, 11) is 0. The van der Waals surface area contributed by atoms with Crippen LogP contribution >= 0.6 is 31.9 Å². The number of amides is 2. The predicted molar refractivity (Wildman–Crippen MR) is 84.9 cm³/mol. The van der Waals surface area contributed by atoms with Gasteiger partial charge in [-0.15, -0.1) is 0 Å². The van der Waals surface area contributed by atoms with Crippen LogP contribution in [0.25, 0.3) is 0 Å². The lowest BCUT2D eigenvalue weighted by Crippen LogP contribution is -2.46. The summed E-state index contributed by atoms with van der Waals surface area (Å²) < 4.78 is 1.53. The monoisotopic (exact) mass is 406 g/mol. The third-order valence-corrected chi connectivity index (χ3v) is 4.13. The van der Waals surface area contributed by atoms with Crippen molar-refractivity contribution >= 4 is 49.5 Å². The highest BCUT2D eigenvalue weighted by Crippen LogP contribution is 2.26. The number of anilines is 1. The molecule has 0 saturated heterocycles. The molecule has 0 aliphatic carbocycles. The van der Waals surface area contributed by atoms with Crippen molar-refractivity contribution in [3.05, 3.63) is 27.1 Å². The van der Waals surface area contributed by atoms with E-state index in [0.717, 1.165) is 4.47 Å². The molecular weight excluding hydrogens is 392 g/mol. The first-order valence-corrected chi connectivity index (χ1v) is 7.69. The van der Waals surface area contributed by atoms with Gasteiger partial charge in [0.25, 0.3) is 0 Å². The predicted octanol–water partition coefficient (Wildman–Crippen LogP) is 3.83. The molecule has 0 aliphatic heterocycles. The first-order chi connectivity index (χ1) is 9.35. The molecule has 0 bridgehead atoms. The van der Waals surface area contributed by atoms with E-state index in [1.54, 1.807) is 19.1 Å². The van der Waals surface area contributed by atoms with Gasteiger partial charge in [-0.1, -0.05) is 36.2 Å². The molecule has 1 unspecified atom stereocenters. The Kier molecular flexibility index (Phi) is 6.48. The van der Waals surface area contributed by atoms with Crippen LogP contribution in [0.1, 0.15) is 20.3 Å². The molecular formula is C13H16Br2N2O3. The number of urea groups is 1. The van der Waals surface area contributed by atoms with E-state index in [0.29, 0.717) is 16.6 Å². The highest BCUT2D eigenvalue weighted by atomic mass is 79.9. The third-order valence-electron chi connectivity index (χ3n) is 2.94. The molecule has 1 aromatic rings. The van der Waals surface area contributed by atoms with Crippen molar-refractivity contribution in [2.45, 2.75) is 26.3 Å². The Morgan fingerprint density at radius 2 is 2.00 bits per heavy atom. The molecule has 0 heterocycles. The van der Waals surface area contributed by atoms with Crippen molar-refractivity contribution < 1.29 is 14.7 Å². The normalized spacial score (nSPS) is 13.4. The Balaban J connectivity index is 2.75. The van der Waals surface area contributed by atoms with Crippen LogP contribution in [0.2, 0.25) is 0 Å². The van der Waals surface area contributed by atoms with Gasteiger partial charge in [0.05, 0.1) is 5.69 Å². The number of nitrogens with one attached hydrogen (secondary N) is 2. The van der Waals surface area contributed by atoms with Crippen LogP contribution < -0.4 is 10.6 Å². The quantitative estimate of drug-likeness (QED) is 0.693. The Morgan fingerprint density at radius 3 is 2.55 bits per heavy atom. The van der Waals surface area contributed by atoms with Crippen molar-refractivity contribution in [2.75, 3.05) is 5.32 Å². The maximum atomic E-state index is 11.9. The van der Waals surface area contributed by atoms with E-state index in [2.05, 4.69) is 42.5 Å². The Labute approximate surface area is 134 Å². The maximum Gasteiger partial charge on any atom is 0.326 e. The second-order valence-corrected chi connectivity index (χ2v) is 6.19. The SMILES string of the molecule is CCC(C)[C@H](NC(=O)Nc1cc(Br)ccc1Br)C(=O)O. The number of rotatable bonds is 5. The van der Waals surface area contributed by atoms with Crippen LogP contribution in [0.4, 0.5) is 10.5 Å². The first kappa shape index (κ1) is 17.0. The number of benzene rings is 1.